The van der Waals surface area contributed by atoms with Crippen molar-refractivity contribution in [2.45, 2.75) is 114 Å². The Kier molecular flexibility index (Phi) is 24.6. The van der Waals surface area contributed by atoms with E-state index in [-0.39, 0.29) is 67.4 Å². The Labute approximate surface area is 470 Å². The third kappa shape index (κ3) is 20.3. The van der Waals surface area contributed by atoms with Gasteiger partial charge >= 0.3 is 0 Å². The van der Waals surface area contributed by atoms with Crippen LogP contribution in [0.25, 0.3) is 0 Å². The van der Waals surface area contributed by atoms with Gasteiger partial charge in [0, 0.05) is 47.3 Å². The van der Waals surface area contributed by atoms with E-state index in [1.165, 1.54) is 50.2 Å². The molecule has 5 rings (SSSR count). The lowest BCUT2D eigenvalue weighted by atomic mass is 9.90. The Balaban J connectivity index is 1.57. The predicted molar refractivity (Wildman–Crippen MR) is 300 cm³/mol. The van der Waals surface area contributed by atoms with Gasteiger partial charge in [-0.2, -0.15) is 0 Å². The van der Waals surface area contributed by atoms with Gasteiger partial charge in [-0.1, -0.05) is 93.9 Å². The van der Waals surface area contributed by atoms with Gasteiger partial charge < -0.3 is 64.4 Å². The van der Waals surface area contributed by atoms with Crippen molar-refractivity contribution < 1.29 is 58.5 Å². The Morgan fingerprint density at radius 2 is 1.24 bits per heavy atom. The summed E-state index contributed by atoms with van der Waals surface area (Å²) in [5, 5.41) is 47.3. The summed E-state index contributed by atoms with van der Waals surface area (Å²) in [6.07, 6.45) is -1.78. The standard InChI is InChI=1S/C55H68ClN9O12S2/c1-30(66)36-14-6-34(7-15-36)26-44-53(75)60-42(5-3-4-22-57)52(74)65-48(31(2)67)55(77)64-46(54(76)61-43(49(59)71)25-35-12-20-40(69)21-13-35)29-79-78-28-45(63-51(73)41(58)24-33-8-16-38(56)17-9-33)47(70)27-37(50(72)62-44)23-32-10-18-39(68)19-11-32/h6-21,31,37,41-46,48,67-69H,3-5,22-29,57-58H2,1-2H3,(H2,59,71)(H,60,75)(H,61,76)(H,62,72)(H,63,73)(H,64,77)(H,65,74)/t31-,37-,41+,42+,43-,44-,45-,46+,48+/m1/s1. The Morgan fingerprint density at radius 3 is 1.84 bits per heavy atom. The van der Waals surface area contributed by atoms with Gasteiger partial charge in [0.05, 0.1) is 18.2 Å². The summed E-state index contributed by atoms with van der Waals surface area (Å²) in [7, 11) is 1.98. The quantitative estimate of drug-likeness (QED) is 0.0359. The van der Waals surface area contributed by atoms with Crippen molar-refractivity contribution in [2.24, 2.45) is 23.1 Å². The molecule has 21 nitrogen and oxygen atoms in total. The van der Waals surface area contributed by atoms with Gasteiger partial charge in [0.1, 0.15) is 41.7 Å². The molecular weight excluding hydrogens is 1080 g/mol. The minimum Gasteiger partial charge on any atom is -0.508 e. The second-order valence-corrected chi connectivity index (χ2v) is 22.3. The molecule has 1 fully saturated rings. The first-order valence-corrected chi connectivity index (χ1v) is 28.4. The number of hydrogen-bond donors (Lipinski definition) is 12. The number of ketones is 2. The second kappa shape index (κ2) is 30.9. The number of carbonyl (C=O) groups is 9. The number of halogens is 1. The monoisotopic (exact) mass is 1150 g/mol. The SMILES string of the molecule is CC(=O)c1ccc(C[C@H]2NC(=O)[C@H](Cc3ccc(O)cc3)CC(=O)[C@H](NC(=O)[C@@H](N)Cc3ccc(Cl)cc3)CSSC[C@@H](C(=O)N[C@H](Cc3ccc(O)cc3)C(N)=O)NC(=O)[C@H]([C@@H](C)O)NC(=O)[C@H](CCCCN)NC2=O)cc1. The molecule has 0 unspecified atom stereocenters. The third-order valence-corrected chi connectivity index (χ3v) is 15.6. The maximum Gasteiger partial charge on any atom is 0.245 e. The van der Waals surface area contributed by atoms with Crippen LogP contribution in [0.2, 0.25) is 5.02 Å². The number of benzene rings is 4. The van der Waals surface area contributed by atoms with E-state index in [0.29, 0.717) is 45.7 Å². The molecule has 7 amide bonds. The molecule has 1 saturated heterocycles. The van der Waals surface area contributed by atoms with Gasteiger partial charge in [0.25, 0.3) is 0 Å². The van der Waals surface area contributed by atoms with Crippen LogP contribution in [-0.2, 0) is 64.0 Å². The number of phenolic OH excluding ortho intramolecular Hbond substituents is 2. The molecule has 1 heterocycles. The molecule has 424 valence electrons. The van der Waals surface area contributed by atoms with Crippen molar-refractivity contribution in [3.63, 3.8) is 0 Å². The molecule has 0 aromatic heterocycles. The molecule has 0 saturated carbocycles. The lowest BCUT2D eigenvalue weighted by molar-refractivity contribution is -0.137. The number of nitrogens with two attached hydrogens (primary N) is 3. The fraction of sp³-hybridized carbons (Fsp3) is 0.400. The molecule has 15 N–H and O–H groups in total. The zero-order chi connectivity index (χ0) is 57.8. The smallest absolute Gasteiger partial charge is 0.245 e. The highest BCUT2D eigenvalue weighted by Gasteiger charge is 2.37. The van der Waals surface area contributed by atoms with E-state index in [0.717, 1.165) is 21.6 Å². The average molecular weight is 1150 g/mol. The summed E-state index contributed by atoms with van der Waals surface area (Å²) in [6.45, 7) is 2.83. The zero-order valence-electron chi connectivity index (χ0n) is 43.7. The number of nitrogens with one attached hydrogen (secondary N) is 6. The summed E-state index contributed by atoms with van der Waals surface area (Å²) >= 11 is 6.08. The molecule has 0 spiro atoms. The number of unbranched alkanes of at least 4 members (excludes halogenated alkanes) is 1. The number of Topliss-reactive ketones (excluding diaryl/α,β-unsaturated/α-hetero) is 2. The summed E-state index contributed by atoms with van der Waals surface area (Å²) in [4.78, 5) is 126. The highest BCUT2D eigenvalue weighted by Crippen LogP contribution is 2.26. The molecule has 1 aliphatic rings. The number of aliphatic hydroxyl groups is 1. The van der Waals surface area contributed by atoms with Crippen LogP contribution in [0.4, 0.5) is 0 Å². The first-order valence-electron chi connectivity index (χ1n) is 25.5. The first kappa shape index (κ1) is 62.8. The number of phenols is 2. The zero-order valence-corrected chi connectivity index (χ0v) is 46.0. The third-order valence-electron chi connectivity index (χ3n) is 12.9. The normalized spacial score (nSPS) is 21.2. The van der Waals surface area contributed by atoms with Gasteiger partial charge in [-0.15, -0.1) is 0 Å². The fourth-order valence-corrected chi connectivity index (χ4v) is 10.9. The van der Waals surface area contributed by atoms with Crippen molar-refractivity contribution in [3.05, 3.63) is 130 Å². The topological polar surface area (TPSA) is 365 Å². The Bertz CT molecular complexity index is 2760. The highest BCUT2D eigenvalue weighted by atomic mass is 35.5. The molecular formula is C55H68ClN9O12S2. The van der Waals surface area contributed by atoms with E-state index < -0.39 is 108 Å². The molecule has 9 atom stereocenters. The van der Waals surface area contributed by atoms with E-state index in [4.69, 9.17) is 28.8 Å². The molecule has 0 bridgehead atoms. The number of hydrogen-bond acceptors (Lipinski definition) is 16. The molecule has 0 aliphatic carbocycles. The van der Waals surface area contributed by atoms with Crippen LogP contribution in [0.3, 0.4) is 0 Å². The van der Waals surface area contributed by atoms with Crippen molar-refractivity contribution in [1.29, 1.82) is 0 Å². The first-order chi connectivity index (χ1) is 37.6. The number of carbonyl (C=O) groups excluding carboxylic acids is 9. The lowest BCUT2D eigenvalue weighted by Crippen LogP contribution is -2.62. The number of aromatic hydroxyl groups is 2. The van der Waals surface area contributed by atoms with Crippen molar-refractivity contribution >= 4 is 86.1 Å². The van der Waals surface area contributed by atoms with Crippen molar-refractivity contribution in [1.82, 2.24) is 31.9 Å². The van der Waals surface area contributed by atoms with Crippen LogP contribution in [0.5, 0.6) is 11.5 Å². The summed E-state index contributed by atoms with van der Waals surface area (Å²) in [5.74, 6) is -8.81. The fourth-order valence-electron chi connectivity index (χ4n) is 8.36. The van der Waals surface area contributed by atoms with Crippen LogP contribution in [0, 0.1) is 5.92 Å². The highest BCUT2D eigenvalue weighted by molar-refractivity contribution is 8.76. The van der Waals surface area contributed by atoms with E-state index in [1.54, 1.807) is 60.7 Å². The van der Waals surface area contributed by atoms with Crippen LogP contribution >= 0.6 is 33.2 Å². The largest absolute Gasteiger partial charge is 0.508 e. The number of rotatable bonds is 19. The number of amides is 7. The average Bonchev–Trinajstić information content (AvgIpc) is 3.41. The summed E-state index contributed by atoms with van der Waals surface area (Å²) < 4.78 is 0. The van der Waals surface area contributed by atoms with Crippen LogP contribution in [-0.4, -0.2) is 135 Å². The minimum atomic E-state index is -1.74. The van der Waals surface area contributed by atoms with Gasteiger partial charge in [0.15, 0.2) is 11.6 Å². The number of primary amides is 1. The van der Waals surface area contributed by atoms with Crippen LogP contribution in [0.15, 0.2) is 97.1 Å². The second-order valence-electron chi connectivity index (χ2n) is 19.3. The minimum absolute atomic E-state index is 0.0280. The lowest BCUT2D eigenvalue weighted by Gasteiger charge is -2.29. The Hall–Kier alpha value is -7.02. The summed E-state index contributed by atoms with van der Waals surface area (Å²) in [6, 6.07) is 14.7. The van der Waals surface area contributed by atoms with Gasteiger partial charge in [-0.25, -0.2) is 0 Å². The maximum absolute atomic E-state index is 14.8. The van der Waals surface area contributed by atoms with Crippen molar-refractivity contribution in [2.75, 3.05) is 18.1 Å². The van der Waals surface area contributed by atoms with Gasteiger partial charge in [0.2, 0.25) is 41.4 Å². The predicted octanol–water partition coefficient (Wildman–Crippen LogP) is 1.43. The van der Waals surface area contributed by atoms with E-state index in [2.05, 4.69) is 31.9 Å². The van der Waals surface area contributed by atoms with E-state index >= 15 is 0 Å². The molecule has 1 aliphatic heterocycles. The molecule has 0 radical (unpaired) electrons. The van der Waals surface area contributed by atoms with Crippen LogP contribution < -0.4 is 49.1 Å². The maximum atomic E-state index is 14.8. The van der Waals surface area contributed by atoms with Gasteiger partial charge in [-0.05, 0) is 111 Å². The van der Waals surface area contributed by atoms with E-state index in [9.17, 15) is 58.5 Å². The van der Waals surface area contributed by atoms with E-state index in [1.807, 2.05) is 0 Å². The van der Waals surface area contributed by atoms with Gasteiger partial charge in [-0.3, -0.25) is 43.2 Å². The van der Waals surface area contributed by atoms with Crippen molar-refractivity contribution in [3.8, 4) is 11.5 Å². The Morgan fingerprint density at radius 1 is 0.696 bits per heavy atom. The number of aliphatic hydroxyl groups excluding tert-OH is 1. The molecule has 24 heteroatoms. The van der Waals surface area contributed by atoms with Crippen LogP contribution in [0.1, 0.15) is 72.1 Å². The summed E-state index contributed by atoms with van der Waals surface area (Å²) in [5.41, 5.74) is 20.5. The molecule has 4 aromatic rings. The molecule has 4 aromatic carbocycles. The molecule has 79 heavy (non-hydrogen) atoms.